The van der Waals surface area contributed by atoms with E-state index in [9.17, 15) is 15.0 Å². The number of aromatic amines is 2. The fourth-order valence-electron chi connectivity index (χ4n) is 2.93. The van der Waals surface area contributed by atoms with E-state index >= 15 is 0 Å². The number of imidazole rings is 2. The number of amides is 1. The maximum Gasteiger partial charge on any atom is 0.250 e. The molecule has 0 bridgehead atoms. The van der Waals surface area contributed by atoms with Crippen LogP contribution in [0.4, 0.5) is 0 Å². The first kappa shape index (κ1) is 15.2. The van der Waals surface area contributed by atoms with Crippen molar-refractivity contribution in [2.24, 2.45) is 11.1 Å². The average Bonchev–Trinajstić information content (AvgIpc) is 3.15. The van der Waals surface area contributed by atoms with Crippen LogP contribution in [-0.4, -0.2) is 41.8 Å². The molecule has 0 aliphatic heterocycles. The molecule has 2 heterocycles. The molecular formula is C15H17N5O3. The summed E-state index contributed by atoms with van der Waals surface area (Å²) in [7, 11) is 0. The van der Waals surface area contributed by atoms with Crippen molar-refractivity contribution in [1.82, 2.24) is 19.9 Å². The molecule has 1 amide bonds. The molecule has 0 radical (unpaired) electrons. The first-order valence-electron chi connectivity index (χ1n) is 7.04. The molecule has 2 aromatic heterocycles. The van der Waals surface area contributed by atoms with Gasteiger partial charge in [0.2, 0.25) is 11.7 Å². The van der Waals surface area contributed by atoms with Gasteiger partial charge in [0.05, 0.1) is 35.0 Å². The zero-order chi connectivity index (χ0) is 16.5. The largest absolute Gasteiger partial charge is 0.366 e. The number of nitrogens with one attached hydrogen (secondary N) is 2. The van der Waals surface area contributed by atoms with Gasteiger partial charge in [-0.3, -0.25) is 4.79 Å². The number of rotatable bonds is 5. The molecule has 0 aromatic carbocycles. The number of allylic oxidation sites excluding steroid dienone is 2. The van der Waals surface area contributed by atoms with E-state index in [2.05, 4.69) is 19.9 Å². The van der Waals surface area contributed by atoms with Crippen LogP contribution in [-0.2, 0) is 17.6 Å². The molecule has 0 saturated heterocycles. The Bertz CT molecular complexity index is 708. The number of H-pyrrole nitrogens is 2. The van der Waals surface area contributed by atoms with E-state index in [1.165, 1.54) is 18.7 Å². The Hall–Kier alpha value is -2.71. The number of aromatic nitrogens is 4. The summed E-state index contributed by atoms with van der Waals surface area (Å²) in [6.07, 6.45) is 11.3. The summed E-state index contributed by atoms with van der Waals surface area (Å²) in [5, 5.41) is 21.5. The minimum absolute atomic E-state index is 0.192. The Kier molecular flexibility index (Phi) is 3.63. The Morgan fingerprint density at radius 2 is 1.70 bits per heavy atom. The standard InChI is InChI=1S/C15H17N5O3/c16-13(21)12-2-1-3-14(15(12,22)23,4-10-6-17-8-19-10)5-11-7-18-9-20-11/h1-3,6-9,22-23H,4-5H2,(H2,16,21)(H,17,19)(H,18,20). The molecule has 1 aliphatic carbocycles. The number of hydrogen-bond donors (Lipinski definition) is 5. The van der Waals surface area contributed by atoms with E-state index in [4.69, 9.17) is 5.73 Å². The highest BCUT2D eigenvalue weighted by atomic mass is 16.5. The minimum atomic E-state index is -2.44. The van der Waals surface area contributed by atoms with Crippen molar-refractivity contribution in [3.8, 4) is 0 Å². The Morgan fingerprint density at radius 3 is 2.13 bits per heavy atom. The first-order valence-corrected chi connectivity index (χ1v) is 7.04. The fourth-order valence-corrected chi connectivity index (χ4v) is 2.93. The van der Waals surface area contributed by atoms with Gasteiger partial charge in [0, 0.05) is 25.2 Å². The molecule has 0 spiro atoms. The third kappa shape index (κ3) is 2.58. The fraction of sp³-hybridized carbons (Fsp3) is 0.267. The highest BCUT2D eigenvalue weighted by Gasteiger charge is 2.53. The van der Waals surface area contributed by atoms with Crippen molar-refractivity contribution in [2.75, 3.05) is 0 Å². The zero-order valence-corrected chi connectivity index (χ0v) is 12.2. The van der Waals surface area contributed by atoms with Gasteiger partial charge in [-0.25, -0.2) is 9.97 Å². The second-order valence-corrected chi connectivity index (χ2v) is 5.61. The molecule has 0 fully saturated rings. The van der Waals surface area contributed by atoms with Gasteiger partial charge >= 0.3 is 0 Å². The van der Waals surface area contributed by atoms with Gasteiger partial charge in [-0.05, 0) is 6.08 Å². The van der Waals surface area contributed by atoms with Crippen LogP contribution in [0, 0.1) is 5.41 Å². The SMILES string of the molecule is NC(=O)C1=CC=CC(Cc2c[nH]cn2)(Cc2c[nH]cn2)C1(O)O. The highest BCUT2D eigenvalue weighted by Crippen LogP contribution is 2.44. The summed E-state index contributed by atoms with van der Waals surface area (Å²) in [5.74, 6) is -3.32. The summed E-state index contributed by atoms with van der Waals surface area (Å²) >= 11 is 0. The zero-order valence-electron chi connectivity index (χ0n) is 12.2. The van der Waals surface area contributed by atoms with Crippen molar-refractivity contribution in [3.63, 3.8) is 0 Å². The monoisotopic (exact) mass is 315 g/mol. The maximum atomic E-state index is 11.6. The molecular weight excluding hydrogens is 298 g/mol. The number of hydrogen-bond acceptors (Lipinski definition) is 5. The lowest BCUT2D eigenvalue weighted by Crippen LogP contribution is -2.55. The maximum absolute atomic E-state index is 11.6. The lowest BCUT2D eigenvalue weighted by Gasteiger charge is -2.43. The van der Waals surface area contributed by atoms with Crippen LogP contribution in [0.1, 0.15) is 11.4 Å². The Balaban J connectivity index is 2.06. The second-order valence-electron chi connectivity index (χ2n) is 5.61. The van der Waals surface area contributed by atoms with Crippen molar-refractivity contribution in [1.29, 1.82) is 0 Å². The summed E-state index contributed by atoms with van der Waals surface area (Å²) in [4.78, 5) is 25.6. The van der Waals surface area contributed by atoms with Crippen LogP contribution in [0.3, 0.4) is 0 Å². The van der Waals surface area contributed by atoms with Crippen LogP contribution in [0.2, 0.25) is 0 Å². The molecule has 0 atom stereocenters. The van der Waals surface area contributed by atoms with Crippen LogP contribution in [0.15, 0.2) is 48.8 Å². The second kappa shape index (κ2) is 5.49. The lowest BCUT2D eigenvalue weighted by molar-refractivity contribution is -0.200. The van der Waals surface area contributed by atoms with E-state index in [1.807, 2.05) is 0 Å². The third-order valence-electron chi connectivity index (χ3n) is 4.12. The van der Waals surface area contributed by atoms with E-state index in [1.54, 1.807) is 24.5 Å². The van der Waals surface area contributed by atoms with E-state index in [0.717, 1.165) is 0 Å². The van der Waals surface area contributed by atoms with Gasteiger partial charge < -0.3 is 25.9 Å². The van der Waals surface area contributed by atoms with E-state index in [-0.39, 0.29) is 18.4 Å². The minimum Gasteiger partial charge on any atom is -0.366 e. The predicted octanol–water partition coefficient (Wildman–Crippen LogP) is -0.433. The molecule has 8 heteroatoms. The molecule has 1 aliphatic rings. The van der Waals surface area contributed by atoms with Crippen molar-refractivity contribution >= 4 is 5.91 Å². The Labute approximate surface area is 131 Å². The smallest absolute Gasteiger partial charge is 0.250 e. The summed E-state index contributed by atoms with van der Waals surface area (Å²) in [6, 6.07) is 0. The summed E-state index contributed by atoms with van der Waals surface area (Å²) in [6.45, 7) is 0. The third-order valence-corrected chi connectivity index (χ3v) is 4.12. The Morgan fingerprint density at radius 1 is 1.13 bits per heavy atom. The number of carbonyl (C=O) groups excluding carboxylic acids is 1. The average molecular weight is 315 g/mol. The molecule has 120 valence electrons. The van der Waals surface area contributed by atoms with Crippen molar-refractivity contribution < 1.29 is 15.0 Å². The number of nitrogens with zero attached hydrogens (tertiary/aromatic N) is 2. The van der Waals surface area contributed by atoms with Gasteiger partial charge in [-0.2, -0.15) is 0 Å². The number of primary amides is 1. The molecule has 23 heavy (non-hydrogen) atoms. The normalized spacial score (nSPS) is 18.6. The first-order chi connectivity index (χ1) is 10.9. The number of nitrogens with two attached hydrogens (primary N) is 1. The van der Waals surface area contributed by atoms with Crippen molar-refractivity contribution in [3.05, 3.63) is 60.2 Å². The molecule has 0 saturated carbocycles. The summed E-state index contributed by atoms with van der Waals surface area (Å²) < 4.78 is 0. The van der Waals surface area contributed by atoms with Crippen molar-refractivity contribution in [2.45, 2.75) is 18.6 Å². The quantitative estimate of drug-likeness (QED) is 0.476. The molecule has 8 nitrogen and oxygen atoms in total. The van der Waals surface area contributed by atoms with Gasteiger partial charge in [0.25, 0.3) is 0 Å². The van der Waals surface area contributed by atoms with Crippen LogP contribution in [0.25, 0.3) is 0 Å². The number of carbonyl (C=O) groups is 1. The van der Waals surface area contributed by atoms with Crippen LogP contribution < -0.4 is 5.73 Å². The van der Waals surface area contributed by atoms with Gasteiger partial charge in [0.1, 0.15) is 0 Å². The van der Waals surface area contributed by atoms with Crippen LogP contribution in [0.5, 0.6) is 0 Å². The predicted molar refractivity (Wildman–Crippen MR) is 80.6 cm³/mol. The molecule has 0 unspecified atom stereocenters. The molecule has 2 aromatic rings. The molecule has 3 rings (SSSR count). The number of aliphatic hydroxyl groups is 2. The van der Waals surface area contributed by atoms with Crippen LogP contribution >= 0.6 is 0 Å². The van der Waals surface area contributed by atoms with Gasteiger partial charge in [0.15, 0.2) is 0 Å². The topological polar surface area (TPSA) is 141 Å². The molecule has 6 N–H and O–H groups in total. The van der Waals surface area contributed by atoms with E-state index in [0.29, 0.717) is 11.4 Å². The van der Waals surface area contributed by atoms with Gasteiger partial charge in [-0.1, -0.05) is 12.2 Å². The highest BCUT2D eigenvalue weighted by molar-refractivity contribution is 5.94. The lowest BCUT2D eigenvalue weighted by atomic mass is 9.67. The van der Waals surface area contributed by atoms with E-state index < -0.39 is 17.1 Å². The summed E-state index contributed by atoms with van der Waals surface area (Å²) in [5.41, 5.74) is 5.08. The van der Waals surface area contributed by atoms with Gasteiger partial charge in [-0.15, -0.1) is 0 Å².